The van der Waals surface area contributed by atoms with Crippen LogP contribution in [0.5, 0.6) is 0 Å². The van der Waals surface area contributed by atoms with E-state index >= 15 is 0 Å². The normalized spacial score (nSPS) is 13.2. The molecule has 0 rings (SSSR count). The van der Waals surface area contributed by atoms with E-state index < -0.39 is 24.3 Å². The SMILES string of the molecule is FC(F)(Cl)C(F)(F)OCl.FCC(F)(F)F. The summed E-state index contributed by atoms with van der Waals surface area (Å²) in [6.45, 7) is -2.23. The van der Waals surface area contributed by atoms with Gasteiger partial charge in [-0.05, 0) is 11.6 Å². The molecule has 0 saturated carbocycles. The molecule has 94 valence electrons. The van der Waals surface area contributed by atoms with Gasteiger partial charge in [-0.25, -0.2) is 8.68 Å². The van der Waals surface area contributed by atoms with Gasteiger partial charge in [0.05, 0.1) is 11.9 Å². The first-order valence-corrected chi connectivity index (χ1v) is 3.43. The molecule has 0 aliphatic rings. The maximum absolute atomic E-state index is 11.4. The molecule has 0 aliphatic carbocycles. The number of rotatable bonds is 2. The second-order valence-corrected chi connectivity index (χ2v) is 2.47. The molecule has 0 heterocycles. The molecule has 0 fully saturated rings. The zero-order chi connectivity index (χ0) is 12.9. The minimum Gasteiger partial charge on any atom is -0.241 e. The predicted molar refractivity (Wildman–Crippen MR) is 34.7 cm³/mol. The molecule has 0 radical (unpaired) electrons. The monoisotopic (exact) mass is 288 g/mol. The minimum atomic E-state index is -4.82. The predicted octanol–water partition coefficient (Wildman–Crippen LogP) is 4.10. The minimum absolute atomic E-state index is 2.23. The van der Waals surface area contributed by atoms with Crippen LogP contribution in [-0.4, -0.2) is 24.3 Å². The van der Waals surface area contributed by atoms with Crippen molar-refractivity contribution in [3.05, 3.63) is 0 Å². The lowest BCUT2D eigenvalue weighted by Gasteiger charge is -2.15. The molecular formula is C4H2Cl2F8O. The first-order chi connectivity index (χ1) is 6.37. The highest BCUT2D eigenvalue weighted by molar-refractivity contribution is 6.22. The van der Waals surface area contributed by atoms with E-state index in [9.17, 15) is 35.1 Å². The average molecular weight is 289 g/mol. The van der Waals surface area contributed by atoms with Crippen LogP contribution in [0.4, 0.5) is 35.1 Å². The highest BCUT2D eigenvalue weighted by Gasteiger charge is 2.57. The lowest BCUT2D eigenvalue weighted by atomic mass is 10.7. The molecule has 0 aliphatic heterocycles. The summed E-state index contributed by atoms with van der Waals surface area (Å²) in [6, 6.07) is 0. The maximum atomic E-state index is 11.4. The molecule has 11 heteroatoms. The molecule has 0 N–H and O–H groups in total. The van der Waals surface area contributed by atoms with Crippen molar-refractivity contribution in [1.82, 2.24) is 0 Å². The number of hydrogen-bond acceptors (Lipinski definition) is 1. The summed E-state index contributed by atoms with van der Waals surface area (Å²) in [5.74, 6) is 0. The Morgan fingerprint density at radius 3 is 1.20 bits per heavy atom. The Kier molecular flexibility index (Phi) is 6.84. The second kappa shape index (κ2) is 5.90. The molecule has 0 aromatic carbocycles. The van der Waals surface area contributed by atoms with Crippen LogP contribution in [0.25, 0.3) is 0 Å². The second-order valence-electron chi connectivity index (χ2n) is 1.84. The number of hydrogen-bond donors (Lipinski definition) is 0. The summed E-state index contributed by atoms with van der Waals surface area (Å²) >= 11 is 7.80. The Labute approximate surface area is 88.1 Å². The summed E-state index contributed by atoms with van der Waals surface area (Å²) < 4.78 is 89.6. The zero-order valence-electron chi connectivity index (χ0n) is 6.39. The fourth-order valence-corrected chi connectivity index (χ4v) is 0.219. The summed E-state index contributed by atoms with van der Waals surface area (Å²) in [5.41, 5.74) is 0. The van der Waals surface area contributed by atoms with E-state index in [1.54, 1.807) is 0 Å². The van der Waals surface area contributed by atoms with Crippen LogP contribution in [0.3, 0.4) is 0 Å². The number of alkyl halides is 9. The van der Waals surface area contributed by atoms with Gasteiger partial charge in [0.25, 0.3) is 0 Å². The van der Waals surface area contributed by atoms with Crippen molar-refractivity contribution in [2.45, 2.75) is 17.7 Å². The van der Waals surface area contributed by atoms with Gasteiger partial charge in [-0.3, -0.25) is 0 Å². The van der Waals surface area contributed by atoms with Crippen LogP contribution in [0.15, 0.2) is 0 Å². The van der Waals surface area contributed by atoms with Crippen LogP contribution in [0.1, 0.15) is 0 Å². The Bertz CT molecular complexity index is 174. The van der Waals surface area contributed by atoms with E-state index in [0.717, 1.165) is 0 Å². The third-order valence-corrected chi connectivity index (χ3v) is 0.992. The van der Waals surface area contributed by atoms with E-state index in [4.69, 9.17) is 0 Å². The third-order valence-electron chi connectivity index (χ3n) is 0.578. The van der Waals surface area contributed by atoms with E-state index in [-0.39, 0.29) is 0 Å². The van der Waals surface area contributed by atoms with Crippen LogP contribution in [0.2, 0.25) is 0 Å². The van der Waals surface area contributed by atoms with Gasteiger partial charge in [-0.2, -0.15) is 30.7 Å². The van der Waals surface area contributed by atoms with Gasteiger partial charge in [0.2, 0.25) is 0 Å². The lowest BCUT2D eigenvalue weighted by molar-refractivity contribution is -0.272. The van der Waals surface area contributed by atoms with Crippen molar-refractivity contribution in [2.75, 3.05) is 6.67 Å². The van der Waals surface area contributed by atoms with Crippen LogP contribution in [-0.2, 0) is 4.29 Å². The Morgan fingerprint density at radius 1 is 0.933 bits per heavy atom. The van der Waals surface area contributed by atoms with Crippen LogP contribution >= 0.6 is 23.5 Å². The van der Waals surface area contributed by atoms with Crippen molar-refractivity contribution >= 4 is 23.5 Å². The van der Waals surface area contributed by atoms with Crippen molar-refractivity contribution in [3.8, 4) is 0 Å². The van der Waals surface area contributed by atoms with Crippen LogP contribution < -0.4 is 0 Å². The third kappa shape index (κ3) is 8.94. The van der Waals surface area contributed by atoms with Gasteiger partial charge in [0, 0.05) is 0 Å². The van der Waals surface area contributed by atoms with Gasteiger partial charge in [-0.1, -0.05) is 0 Å². The molecule has 0 spiro atoms. The maximum Gasteiger partial charge on any atom is 0.450 e. The van der Waals surface area contributed by atoms with Gasteiger partial charge in [-0.15, -0.1) is 0 Å². The Morgan fingerprint density at radius 2 is 1.20 bits per heavy atom. The number of halogens is 10. The molecule has 0 atom stereocenters. The summed E-state index contributed by atoms with van der Waals surface area (Å²) in [7, 11) is 0. The van der Waals surface area contributed by atoms with Crippen molar-refractivity contribution < 1.29 is 39.4 Å². The smallest absolute Gasteiger partial charge is 0.241 e. The van der Waals surface area contributed by atoms with Crippen molar-refractivity contribution in [2.24, 2.45) is 0 Å². The molecule has 0 unspecified atom stereocenters. The zero-order valence-corrected chi connectivity index (χ0v) is 7.91. The average Bonchev–Trinajstić information content (AvgIpc) is 2.02. The molecular weight excluding hydrogens is 287 g/mol. The molecule has 0 amide bonds. The molecule has 0 aromatic heterocycles. The van der Waals surface area contributed by atoms with Crippen LogP contribution in [0, 0.1) is 0 Å². The van der Waals surface area contributed by atoms with E-state index in [0.29, 0.717) is 0 Å². The van der Waals surface area contributed by atoms with Crippen molar-refractivity contribution in [3.63, 3.8) is 0 Å². The topological polar surface area (TPSA) is 9.23 Å². The fraction of sp³-hybridized carbons (Fsp3) is 1.00. The summed E-state index contributed by atoms with van der Waals surface area (Å²) in [6.07, 6.45) is -9.45. The van der Waals surface area contributed by atoms with E-state index in [2.05, 4.69) is 27.8 Å². The van der Waals surface area contributed by atoms with Gasteiger partial charge >= 0.3 is 17.7 Å². The summed E-state index contributed by atoms with van der Waals surface area (Å²) in [4.78, 5) is 0. The van der Waals surface area contributed by atoms with E-state index in [1.165, 1.54) is 0 Å². The first-order valence-electron chi connectivity index (χ1n) is 2.74. The standard InChI is InChI=1S/C2Cl2F4O.C2H2F4/c3-1(5,6)2(7,8)9-4;3-1-2(4,5)6/h;1H2. The van der Waals surface area contributed by atoms with E-state index in [1.807, 2.05) is 0 Å². The molecule has 0 saturated heterocycles. The fourth-order valence-electron chi connectivity index (χ4n) is 0.0437. The summed E-state index contributed by atoms with van der Waals surface area (Å²) in [5, 5.41) is -4.77. The van der Waals surface area contributed by atoms with Gasteiger partial charge in [0.15, 0.2) is 6.67 Å². The first kappa shape index (κ1) is 17.4. The molecule has 0 aromatic rings. The van der Waals surface area contributed by atoms with Crippen molar-refractivity contribution in [1.29, 1.82) is 0 Å². The van der Waals surface area contributed by atoms with Gasteiger partial charge < -0.3 is 0 Å². The highest BCUT2D eigenvalue weighted by atomic mass is 35.5. The molecule has 1 nitrogen and oxygen atoms in total. The lowest BCUT2D eigenvalue weighted by Crippen LogP contribution is -2.35. The van der Waals surface area contributed by atoms with Gasteiger partial charge in [0.1, 0.15) is 0 Å². The Balaban J connectivity index is 0. The molecule has 0 bridgehead atoms. The highest BCUT2D eigenvalue weighted by Crippen LogP contribution is 2.39. The molecule has 15 heavy (non-hydrogen) atoms. The Hall–Kier alpha value is -0.0200. The quantitative estimate of drug-likeness (QED) is 0.549. The largest absolute Gasteiger partial charge is 0.450 e.